The highest BCUT2D eigenvalue weighted by Crippen LogP contribution is 2.36. The molecule has 0 aliphatic carbocycles. The summed E-state index contributed by atoms with van der Waals surface area (Å²) in [5, 5.41) is 5.79. The first-order valence-electron chi connectivity index (χ1n) is 11.5. The normalized spacial score (nSPS) is 19.2. The highest BCUT2D eigenvalue weighted by Gasteiger charge is 2.34. The van der Waals surface area contributed by atoms with Gasteiger partial charge in [-0.05, 0) is 70.2 Å². The molecule has 2 amide bonds. The van der Waals surface area contributed by atoms with E-state index in [9.17, 15) is 18.0 Å². The van der Waals surface area contributed by atoms with Gasteiger partial charge in [0, 0.05) is 30.8 Å². The lowest BCUT2D eigenvalue weighted by molar-refractivity contribution is -0.123. The van der Waals surface area contributed by atoms with Crippen LogP contribution in [-0.2, 0) is 19.6 Å². The predicted octanol–water partition coefficient (Wildman–Crippen LogP) is 3.68. The maximum atomic E-state index is 13.4. The zero-order chi connectivity index (χ0) is 24.8. The Bertz CT molecular complexity index is 1240. The predicted molar refractivity (Wildman–Crippen MR) is 131 cm³/mol. The molecule has 1 saturated heterocycles. The molecule has 0 saturated carbocycles. The van der Waals surface area contributed by atoms with Gasteiger partial charge in [-0.3, -0.25) is 9.59 Å². The van der Waals surface area contributed by atoms with Gasteiger partial charge in [0.15, 0.2) is 6.10 Å². The van der Waals surface area contributed by atoms with Crippen LogP contribution in [0.5, 0.6) is 5.75 Å². The molecule has 9 heteroatoms. The average Bonchev–Trinajstić information content (AvgIpc) is 2.77. The van der Waals surface area contributed by atoms with Crippen LogP contribution in [0, 0.1) is 33.6 Å². The van der Waals surface area contributed by atoms with E-state index in [1.807, 2.05) is 32.9 Å². The summed E-state index contributed by atoms with van der Waals surface area (Å²) in [5.41, 5.74) is 5.00. The van der Waals surface area contributed by atoms with E-state index >= 15 is 0 Å². The summed E-state index contributed by atoms with van der Waals surface area (Å²) >= 11 is 0. The van der Waals surface area contributed by atoms with Crippen molar-refractivity contribution < 1.29 is 22.7 Å². The zero-order valence-electron chi connectivity index (χ0n) is 20.2. The van der Waals surface area contributed by atoms with Crippen LogP contribution in [0.2, 0.25) is 0 Å². The third-order valence-corrected chi connectivity index (χ3v) is 8.62. The lowest BCUT2D eigenvalue weighted by Crippen LogP contribution is -2.41. The number of piperidine rings is 1. The molecule has 8 nitrogen and oxygen atoms in total. The first-order chi connectivity index (χ1) is 16.0. The monoisotopic (exact) mass is 485 g/mol. The van der Waals surface area contributed by atoms with Gasteiger partial charge in [-0.1, -0.05) is 17.7 Å². The van der Waals surface area contributed by atoms with Crippen molar-refractivity contribution in [3.63, 3.8) is 0 Å². The van der Waals surface area contributed by atoms with E-state index in [2.05, 4.69) is 10.6 Å². The van der Waals surface area contributed by atoms with Gasteiger partial charge >= 0.3 is 0 Å². The standard InChI is InChI=1S/C25H31N3O5S/c1-14-10-16(3)23(17(4)11-14)27-25(30)19-6-8-28(9-7-19)34(31,32)22-13-21-20(12-15(22)2)26-24(29)18(5)33-21/h10-13,18-19H,6-9H2,1-5H3,(H,26,29)(H,27,30)/t18-/m0/s1. The summed E-state index contributed by atoms with van der Waals surface area (Å²) in [6.45, 7) is 9.80. The molecule has 0 radical (unpaired) electrons. The van der Waals surface area contributed by atoms with Crippen molar-refractivity contribution in [1.82, 2.24) is 4.31 Å². The van der Waals surface area contributed by atoms with E-state index in [0.717, 1.165) is 22.4 Å². The molecule has 0 aromatic heterocycles. The highest BCUT2D eigenvalue weighted by atomic mass is 32.2. The largest absolute Gasteiger partial charge is 0.479 e. The van der Waals surface area contributed by atoms with Crippen LogP contribution in [0.1, 0.15) is 42.0 Å². The topological polar surface area (TPSA) is 105 Å². The fourth-order valence-electron chi connectivity index (χ4n) is 4.72. The molecular weight excluding hydrogens is 454 g/mol. The number of nitrogens with zero attached hydrogens (tertiary/aromatic N) is 1. The second-order valence-corrected chi connectivity index (χ2v) is 11.2. The molecule has 2 N–H and O–H groups in total. The molecule has 2 aliphatic rings. The minimum atomic E-state index is -3.77. The summed E-state index contributed by atoms with van der Waals surface area (Å²) in [7, 11) is -3.77. The maximum absolute atomic E-state index is 13.4. The Morgan fingerprint density at radius 3 is 2.26 bits per heavy atom. The number of anilines is 2. The molecule has 0 bridgehead atoms. The number of sulfonamides is 1. The summed E-state index contributed by atoms with van der Waals surface area (Å²) in [4.78, 5) is 24.9. The van der Waals surface area contributed by atoms with E-state index in [4.69, 9.17) is 4.74 Å². The van der Waals surface area contributed by atoms with Crippen LogP contribution in [-0.4, -0.2) is 43.7 Å². The SMILES string of the molecule is Cc1cc(C)c(NC(=O)C2CCN(S(=O)(=O)c3cc4c(cc3C)NC(=O)[C@H](C)O4)CC2)c(C)c1. The van der Waals surface area contributed by atoms with E-state index in [0.29, 0.717) is 29.8 Å². The van der Waals surface area contributed by atoms with Gasteiger partial charge in [-0.15, -0.1) is 0 Å². The lowest BCUT2D eigenvalue weighted by Gasteiger charge is -2.32. The molecule has 2 aromatic rings. The number of aryl methyl sites for hydroxylation is 4. The van der Waals surface area contributed by atoms with E-state index in [1.54, 1.807) is 19.9 Å². The first kappa shape index (κ1) is 24.2. The zero-order valence-corrected chi connectivity index (χ0v) is 21.0. The summed E-state index contributed by atoms with van der Waals surface area (Å²) in [6, 6.07) is 7.18. The van der Waals surface area contributed by atoms with Crippen LogP contribution < -0.4 is 15.4 Å². The molecule has 182 valence electrons. The number of rotatable bonds is 4. The van der Waals surface area contributed by atoms with Gasteiger partial charge in [0.05, 0.1) is 10.6 Å². The number of nitrogens with one attached hydrogen (secondary N) is 2. The van der Waals surface area contributed by atoms with E-state index < -0.39 is 16.1 Å². The number of amides is 2. The number of hydrogen-bond donors (Lipinski definition) is 2. The molecule has 1 atom stereocenters. The Balaban J connectivity index is 1.46. The molecule has 0 spiro atoms. The Labute approximate surface area is 200 Å². The minimum absolute atomic E-state index is 0.0739. The summed E-state index contributed by atoms with van der Waals surface area (Å²) < 4.78 is 33.9. The van der Waals surface area contributed by atoms with Crippen molar-refractivity contribution in [2.24, 2.45) is 5.92 Å². The van der Waals surface area contributed by atoms with Crippen molar-refractivity contribution in [3.05, 3.63) is 46.5 Å². The van der Waals surface area contributed by atoms with Gasteiger partial charge in [0.25, 0.3) is 5.91 Å². The second kappa shape index (κ2) is 9.03. The number of ether oxygens (including phenoxy) is 1. The molecule has 34 heavy (non-hydrogen) atoms. The van der Waals surface area contributed by atoms with Gasteiger partial charge < -0.3 is 15.4 Å². The number of carbonyl (C=O) groups excluding carboxylic acids is 2. The number of benzene rings is 2. The van der Waals surface area contributed by atoms with Gasteiger partial charge in [-0.2, -0.15) is 4.31 Å². The fourth-order valence-corrected chi connectivity index (χ4v) is 6.41. The van der Waals surface area contributed by atoms with E-state index in [1.165, 1.54) is 10.4 Å². The van der Waals surface area contributed by atoms with E-state index in [-0.39, 0.29) is 35.7 Å². The van der Waals surface area contributed by atoms with Crippen LogP contribution in [0.15, 0.2) is 29.2 Å². The molecule has 0 unspecified atom stereocenters. The molecule has 2 heterocycles. The van der Waals surface area contributed by atoms with Crippen LogP contribution in [0.4, 0.5) is 11.4 Å². The smallest absolute Gasteiger partial charge is 0.265 e. The maximum Gasteiger partial charge on any atom is 0.265 e. The Hall–Kier alpha value is -2.91. The van der Waals surface area contributed by atoms with Crippen LogP contribution >= 0.6 is 0 Å². The molecular formula is C25H31N3O5S. The van der Waals surface area contributed by atoms with Crippen LogP contribution in [0.25, 0.3) is 0 Å². The van der Waals surface area contributed by atoms with Crippen molar-refractivity contribution in [3.8, 4) is 5.75 Å². The quantitative estimate of drug-likeness (QED) is 0.687. The second-order valence-electron chi connectivity index (χ2n) is 9.30. The van der Waals surface area contributed by atoms with Crippen molar-refractivity contribution in [2.45, 2.75) is 58.5 Å². The Morgan fingerprint density at radius 2 is 1.65 bits per heavy atom. The molecule has 2 aliphatic heterocycles. The molecule has 1 fully saturated rings. The van der Waals surface area contributed by atoms with Crippen LogP contribution in [0.3, 0.4) is 0 Å². The van der Waals surface area contributed by atoms with Gasteiger partial charge in [0.1, 0.15) is 5.75 Å². The lowest BCUT2D eigenvalue weighted by atomic mass is 9.96. The number of carbonyl (C=O) groups is 2. The van der Waals surface area contributed by atoms with Crippen molar-refractivity contribution in [1.29, 1.82) is 0 Å². The van der Waals surface area contributed by atoms with Gasteiger partial charge in [-0.25, -0.2) is 8.42 Å². The molecule has 4 rings (SSSR count). The third kappa shape index (κ3) is 4.54. The molecule has 2 aromatic carbocycles. The minimum Gasteiger partial charge on any atom is -0.479 e. The van der Waals surface area contributed by atoms with Gasteiger partial charge in [0.2, 0.25) is 15.9 Å². The first-order valence-corrected chi connectivity index (χ1v) is 12.9. The average molecular weight is 486 g/mol. The summed E-state index contributed by atoms with van der Waals surface area (Å²) in [5.74, 6) is -0.251. The Kier molecular flexibility index (Phi) is 6.44. The number of fused-ring (bicyclic) bond motifs is 1. The third-order valence-electron chi connectivity index (χ3n) is 6.58. The Morgan fingerprint density at radius 1 is 1.03 bits per heavy atom. The highest BCUT2D eigenvalue weighted by molar-refractivity contribution is 7.89. The fraction of sp³-hybridized carbons (Fsp3) is 0.440. The van der Waals surface area contributed by atoms with Crippen molar-refractivity contribution >= 4 is 33.2 Å². The number of hydrogen-bond acceptors (Lipinski definition) is 5. The van der Waals surface area contributed by atoms with Crippen molar-refractivity contribution in [2.75, 3.05) is 23.7 Å². The summed E-state index contributed by atoms with van der Waals surface area (Å²) in [6.07, 6.45) is 0.200.